The van der Waals surface area contributed by atoms with Crippen molar-refractivity contribution >= 4 is 33.5 Å². The molecule has 3 rings (SSSR count). The lowest BCUT2D eigenvalue weighted by molar-refractivity contribution is -0.134. The Bertz CT molecular complexity index is 777. The first kappa shape index (κ1) is 16.5. The number of para-hydroxylation sites is 3. The number of ether oxygens (including phenoxy) is 2. The smallest absolute Gasteiger partial charge is 0.313 e. The van der Waals surface area contributed by atoms with E-state index in [-0.39, 0.29) is 18.9 Å². The molecule has 1 amide bonds. The third kappa shape index (κ3) is 3.43. The summed E-state index contributed by atoms with van der Waals surface area (Å²) in [7, 11) is 0. The molecule has 1 aliphatic rings. The first-order chi connectivity index (χ1) is 11.6. The largest absolute Gasteiger partial charge is 0.479 e. The summed E-state index contributed by atoms with van der Waals surface area (Å²) < 4.78 is 11.6. The Hall–Kier alpha value is -2.34. The van der Waals surface area contributed by atoms with Gasteiger partial charge in [-0.15, -0.1) is 0 Å². The number of rotatable bonds is 4. The predicted molar refractivity (Wildman–Crippen MR) is 93.3 cm³/mol. The van der Waals surface area contributed by atoms with Gasteiger partial charge in [0.25, 0.3) is 5.91 Å². The number of benzene rings is 2. The molecule has 1 atom stereocenters. The molecule has 0 aromatic heterocycles. The second-order valence-corrected chi connectivity index (χ2v) is 6.23. The van der Waals surface area contributed by atoms with Gasteiger partial charge in [-0.05, 0) is 47.1 Å². The number of nitrogens with zero attached hydrogens (tertiary/aromatic N) is 1. The van der Waals surface area contributed by atoms with Crippen LogP contribution in [0.3, 0.4) is 0 Å². The van der Waals surface area contributed by atoms with E-state index in [9.17, 15) is 9.59 Å². The second kappa shape index (κ2) is 7.05. The van der Waals surface area contributed by atoms with Gasteiger partial charge in [-0.25, -0.2) is 0 Å². The van der Waals surface area contributed by atoms with E-state index in [0.717, 1.165) is 0 Å². The predicted octanol–water partition coefficient (Wildman–Crippen LogP) is 3.56. The van der Waals surface area contributed by atoms with E-state index in [4.69, 9.17) is 9.47 Å². The Kier molecular flexibility index (Phi) is 4.85. The van der Waals surface area contributed by atoms with Gasteiger partial charge in [-0.2, -0.15) is 0 Å². The second-order valence-electron chi connectivity index (χ2n) is 5.37. The van der Waals surface area contributed by atoms with Crippen molar-refractivity contribution in [3.63, 3.8) is 0 Å². The fraction of sp³-hybridized carbons (Fsp3) is 0.222. The summed E-state index contributed by atoms with van der Waals surface area (Å²) in [6.07, 6.45) is -0.479. The SMILES string of the molecule is CC1Oc2ccccc2N(CCC(=O)Oc2ccccc2Br)C1=O. The number of hydrogen-bond acceptors (Lipinski definition) is 4. The van der Waals surface area contributed by atoms with Crippen LogP contribution in [0.2, 0.25) is 0 Å². The summed E-state index contributed by atoms with van der Waals surface area (Å²) in [6, 6.07) is 14.4. The molecule has 0 spiro atoms. The van der Waals surface area contributed by atoms with Crippen LogP contribution in [0.4, 0.5) is 5.69 Å². The molecule has 6 heteroatoms. The van der Waals surface area contributed by atoms with Crippen LogP contribution in [0, 0.1) is 0 Å². The Morgan fingerprint density at radius 3 is 2.71 bits per heavy atom. The van der Waals surface area contributed by atoms with Crippen molar-refractivity contribution in [2.75, 3.05) is 11.4 Å². The van der Waals surface area contributed by atoms with Crippen molar-refractivity contribution in [1.82, 2.24) is 0 Å². The van der Waals surface area contributed by atoms with Crippen molar-refractivity contribution in [1.29, 1.82) is 0 Å². The van der Waals surface area contributed by atoms with Crippen molar-refractivity contribution in [2.24, 2.45) is 0 Å². The molecule has 1 unspecified atom stereocenters. The van der Waals surface area contributed by atoms with Gasteiger partial charge in [0.15, 0.2) is 6.10 Å². The number of anilines is 1. The molecule has 124 valence electrons. The van der Waals surface area contributed by atoms with Crippen molar-refractivity contribution in [2.45, 2.75) is 19.4 Å². The molecule has 24 heavy (non-hydrogen) atoms. The average molecular weight is 390 g/mol. The number of hydrogen-bond donors (Lipinski definition) is 0. The number of carbonyl (C=O) groups is 2. The molecule has 0 saturated carbocycles. The maximum absolute atomic E-state index is 12.4. The fourth-order valence-electron chi connectivity index (χ4n) is 2.49. The fourth-order valence-corrected chi connectivity index (χ4v) is 2.86. The van der Waals surface area contributed by atoms with Gasteiger partial charge in [0.2, 0.25) is 0 Å². The van der Waals surface area contributed by atoms with E-state index in [1.165, 1.54) is 0 Å². The third-order valence-corrected chi connectivity index (χ3v) is 4.33. The lowest BCUT2D eigenvalue weighted by Gasteiger charge is -2.32. The highest BCUT2D eigenvalue weighted by atomic mass is 79.9. The molecule has 0 aliphatic carbocycles. The quantitative estimate of drug-likeness (QED) is 0.592. The van der Waals surface area contributed by atoms with Gasteiger partial charge in [0.1, 0.15) is 11.5 Å². The zero-order chi connectivity index (χ0) is 17.1. The molecule has 2 aromatic rings. The third-order valence-electron chi connectivity index (χ3n) is 3.67. The van der Waals surface area contributed by atoms with Crippen LogP contribution in [0.1, 0.15) is 13.3 Å². The number of carbonyl (C=O) groups excluding carboxylic acids is 2. The summed E-state index contributed by atoms with van der Waals surface area (Å²) in [5.74, 6) is 0.544. The van der Waals surface area contributed by atoms with Gasteiger partial charge < -0.3 is 14.4 Å². The normalized spacial score (nSPS) is 16.3. The van der Waals surface area contributed by atoms with Crippen molar-refractivity contribution in [3.05, 3.63) is 53.0 Å². The monoisotopic (exact) mass is 389 g/mol. The Morgan fingerprint density at radius 2 is 1.92 bits per heavy atom. The molecule has 0 N–H and O–H groups in total. The number of esters is 1. The van der Waals surface area contributed by atoms with Crippen LogP contribution in [-0.4, -0.2) is 24.5 Å². The van der Waals surface area contributed by atoms with Gasteiger partial charge in [0.05, 0.1) is 16.6 Å². The Balaban J connectivity index is 1.68. The van der Waals surface area contributed by atoms with Gasteiger partial charge in [0, 0.05) is 6.54 Å². The number of amides is 1. The molecular weight excluding hydrogens is 374 g/mol. The lowest BCUT2D eigenvalue weighted by atomic mass is 10.2. The molecule has 2 aromatic carbocycles. The summed E-state index contributed by atoms with van der Waals surface area (Å²) in [5, 5.41) is 0. The topological polar surface area (TPSA) is 55.8 Å². The standard InChI is InChI=1S/C18H16BrNO4/c1-12-18(22)20(14-7-3-5-9-16(14)23-12)11-10-17(21)24-15-8-4-2-6-13(15)19/h2-9,12H,10-11H2,1H3. The summed E-state index contributed by atoms with van der Waals surface area (Å²) >= 11 is 3.33. The summed E-state index contributed by atoms with van der Waals surface area (Å²) in [4.78, 5) is 26.0. The molecule has 0 saturated heterocycles. The molecule has 1 aliphatic heterocycles. The number of fused-ring (bicyclic) bond motifs is 1. The van der Waals surface area contributed by atoms with Crippen molar-refractivity contribution < 1.29 is 19.1 Å². The Labute approximate surface area is 148 Å². The molecule has 5 nitrogen and oxygen atoms in total. The van der Waals surface area contributed by atoms with Crippen LogP contribution in [0.25, 0.3) is 0 Å². The molecule has 0 bridgehead atoms. The summed E-state index contributed by atoms with van der Waals surface area (Å²) in [6.45, 7) is 1.94. The minimum atomic E-state index is -0.570. The van der Waals surface area contributed by atoms with Crippen LogP contribution < -0.4 is 14.4 Å². The van der Waals surface area contributed by atoms with Crippen molar-refractivity contribution in [3.8, 4) is 11.5 Å². The van der Waals surface area contributed by atoms with E-state index >= 15 is 0 Å². The van der Waals surface area contributed by atoms with E-state index in [0.29, 0.717) is 21.7 Å². The van der Waals surface area contributed by atoms with E-state index in [2.05, 4.69) is 15.9 Å². The van der Waals surface area contributed by atoms with Crippen LogP contribution in [-0.2, 0) is 9.59 Å². The average Bonchev–Trinajstić information content (AvgIpc) is 2.57. The number of halogens is 1. The highest BCUT2D eigenvalue weighted by Gasteiger charge is 2.31. The van der Waals surface area contributed by atoms with Crippen LogP contribution >= 0.6 is 15.9 Å². The first-order valence-electron chi connectivity index (χ1n) is 7.58. The zero-order valence-electron chi connectivity index (χ0n) is 13.1. The van der Waals surface area contributed by atoms with Crippen LogP contribution in [0.15, 0.2) is 53.0 Å². The molecule has 0 fully saturated rings. The van der Waals surface area contributed by atoms with Gasteiger partial charge in [-0.3, -0.25) is 9.59 Å². The zero-order valence-corrected chi connectivity index (χ0v) is 14.7. The van der Waals surface area contributed by atoms with Gasteiger partial charge in [-0.1, -0.05) is 24.3 Å². The lowest BCUT2D eigenvalue weighted by Crippen LogP contribution is -2.45. The molecule has 0 radical (unpaired) electrons. The van der Waals surface area contributed by atoms with E-state index < -0.39 is 12.1 Å². The maximum Gasteiger partial charge on any atom is 0.313 e. The molecular formula is C18H16BrNO4. The highest BCUT2D eigenvalue weighted by Crippen LogP contribution is 2.33. The van der Waals surface area contributed by atoms with Gasteiger partial charge >= 0.3 is 5.97 Å². The van der Waals surface area contributed by atoms with E-state index in [1.807, 2.05) is 24.3 Å². The minimum absolute atomic E-state index is 0.0914. The highest BCUT2D eigenvalue weighted by molar-refractivity contribution is 9.10. The van der Waals surface area contributed by atoms with Crippen LogP contribution in [0.5, 0.6) is 11.5 Å². The van der Waals surface area contributed by atoms with E-state index in [1.54, 1.807) is 36.1 Å². The summed E-state index contributed by atoms with van der Waals surface area (Å²) in [5.41, 5.74) is 0.675. The first-order valence-corrected chi connectivity index (χ1v) is 8.38. The maximum atomic E-state index is 12.4. The minimum Gasteiger partial charge on any atom is -0.479 e. The Morgan fingerprint density at radius 1 is 1.21 bits per heavy atom. The molecule has 1 heterocycles.